The Kier molecular flexibility index (Phi) is 7.27. The summed E-state index contributed by atoms with van der Waals surface area (Å²) in [6.07, 6.45) is -0.235. The molecule has 1 unspecified atom stereocenters. The van der Waals surface area contributed by atoms with Crippen LogP contribution in [0.1, 0.15) is 32.7 Å². The van der Waals surface area contributed by atoms with Gasteiger partial charge < -0.3 is 13.9 Å². The molecule has 0 bridgehead atoms. The van der Waals surface area contributed by atoms with Gasteiger partial charge >= 0.3 is 11.9 Å². The first-order valence-electron chi connectivity index (χ1n) is 7.79. The van der Waals surface area contributed by atoms with Crippen molar-refractivity contribution in [2.45, 2.75) is 23.7 Å². The van der Waals surface area contributed by atoms with Gasteiger partial charge in [-0.3, -0.25) is 4.79 Å². The largest absolute Gasteiger partial charge is 0.469 e. The molecular weight excluding hydrogens is 478 g/mol. The summed E-state index contributed by atoms with van der Waals surface area (Å²) in [4.78, 5) is 23.3. The number of carbonyl (C=O) groups is 2. The monoisotopic (exact) mass is 493 g/mol. The van der Waals surface area contributed by atoms with Crippen LogP contribution in [0.4, 0.5) is 0 Å². The van der Waals surface area contributed by atoms with Crippen LogP contribution in [0.3, 0.4) is 0 Å². The molecule has 1 aromatic carbocycles. The minimum atomic E-state index is -4.17. The molecule has 0 aliphatic heterocycles. The Morgan fingerprint density at radius 3 is 2.54 bits per heavy atom. The maximum absolute atomic E-state index is 12.9. The number of benzene rings is 1. The zero-order chi connectivity index (χ0) is 21.1. The Morgan fingerprint density at radius 2 is 1.93 bits per heavy atom. The highest BCUT2D eigenvalue weighted by Crippen LogP contribution is 2.30. The van der Waals surface area contributed by atoms with Gasteiger partial charge in [0.2, 0.25) is 10.0 Å². The lowest BCUT2D eigenvalue weighted by atomic mass is 10.1. The molecule has 152 valence electrons. The lowest BCUT2D eigenvalue weighted by molar-refractivity contribution is -0.139. The minimum Gasteiger partial charge on any atom is -0.469 e. The number of ether oxygens (including phenoxy) is 2. The molecule has 0 aliphatic rings. The summed E-state index contributed by atoms with van der Waals surface area (Å²) in [5.74, 6) is -1.46. The lowest BCUT2D eigenvalue weighted by Gasteiger charge is -2.15. The SMILES string of the molecule is COC(=O)Cc1cc(C)ccc1S(=O)(=O)NC(Cl)c1oc(Br)cc1C(=O)OC. The van der Waals surface area contributed by atoms with Gasteiger partial charge in [-0.1, -0.05) is 29.3 Å². The molecule has 0 amide bonds. The van der Waals surface area contributed by atoms with Crippen LogP contribution in [0.2, 0.25) is 0 Å². The topological polar surface area (TPSA) is 112 Å². The molecule has 1 atom stereocenters. The minimum absolute atomic E-state index is 0.0317. The van der Waals surface area contributed by atoms with E-state index in [1.807, 2.05) is 0 Å². The highest BCUT2D eigenvalue weighted by atomic mass is 79.9. The summed E-state index contributed by atoms with van der Waals surface area (Å²) >= 11 is 9.24. The second-order valence-corrected chi connectivity index (χ2v) is 8.57. The molecule has 2 rings (SSSR count). The van der Waals surface area contributed by atoms with E-state index in [1.165, 1.54) is 26.4 Å². The van der Waals surface area contributed by atoms with Crippen LogP contribution in [0, 0.1) is 6.92 Å². The summed E-state index contributed by atoms with van der Waals surface area (Å²) in [6.45, 7) is 1.76. The Bertz CT molecular complexity index is 1000. The Balaban J connectivity index is 2.39. The maximum Gasteiger partial charge on any atom is 0.341 e. The normalized spacial score (nSPS) is 12.5. The third-order valence-corrected chi connectivity index (χ3v) is 6.04. The molecular formula is C17H17BrClNO7S. The molecule has 1 N–H and O–H groups in total. The predicted molar refractivity (Wildman–Crippen MR) is 104 cm³/mol. The maximum atomic E-state index is 12.9. The third-order valence-electron chi connectivity index (χ3n) is 3.69. The number of carbonyl (C=O) groups excluding carboxylic acids is 2. The fourth-order valence-corrected chi connectivity index (χ4v) is 4.57. The predicted octanol–water partition coefficient (Wildman–Crippen LogP) is 3.07. The fourth-order valence-electron chi connectivity index (χ4n) is 2.42. The van der Waals surface area contributed by atoms with Crippen LogP contribution in [0.15, 0.2) is 38.2 Å². The summed E-state index contributed by atoms with van der Waals surface area (Å²) in [6, 6.07) is 5.83. The third kappa shape index (κ3) is 5.13. The number of hydrogen-bond donors (Lipinski definition) is 1. The molecule has 1 aromatic heterocycles. The highest BCUT2D eigenvalue weighted by Gasteiger charge is 2.29. The van der Waals surface area contributed by atoms with Crippen molar-refractivity contribution >= 4 is 49.5 Å². The summed E-state index contributed by atoms with van der Waals surface area (Å²) < 4.78 is 42.7. The van der Waals surface area contributed by atoms with E-state index in [9.17, 15) is 18.0 Å². The number of furan rings is 1. The number of rotatable bonds is 7. The number of alkyl halides is 1. The van der Waals surface area contributed by atoms with Crippen LogP contribution in [-0.4, -0.2) is 34.6 Å². The Labute approximate surface area is 175 Å². The van der Waals surface area contributed by atoms with E-state index < -0.39 is 27.5 Å². The second-order valence-electron chi connectivity index (χ2n) is 5.67. The van der Waals surface area contributed by atoms with Crippen LogP contribution >= 0.6 is 27.5 Å². The number of methoxy groups -OCH3 is 2. The van der Waals surface area contributed by atoms with Gasteiger partial charge in [0.05, 0.1) is 25.5 Å². The van der Waals surface area contributed by atoms with Gasteiger partial charge in [0.25, 0.3) is 0 Å². The van der Waals surface area contributed by atoms with E-state index >= 15 is 0 Å². The van der Waals surface area contributed by atoms with Crippen LogP contribution in [-0.2, 0) is 30.7 Å². The number of nitrogens with one attached hydrogen (secondary N) is 1. The second kappa shape index (κ2) is 9.08. The number of sulfonamides is 1. The fraction of sp³-hybridized carbons (Fsp3) is 0.294. The standard InChI is InChI=1S/C17H17BrClNO7S/c1-9-4-5-12(10(6-9)7-14(21)25-2)28(23,24)20-16(19)15-11(17(22)26-3)8-13(18)27-15/h4-6,8,16,20H,7H2,1-3H3. The van der Waals surface area contributed by atoms with Crippen LogP contribution in [0.25, 0.3) is 0 Å². The summed E-state index contributed by atoms with van der Waals surface area (Å²) in [7, 11) is -1.78. The van der Waals surface area contributed by atoms with Crippen molar-refractivity contribution in [1.29, 1.82) is 0 Å². The van der Waals surface area contributed by atoms with Crippen molar-refractivity contribution in [2.24, 2.45) is 0 Å². The van der Waals surface area contributed by atoms with E-state index in [-0.39, 0.29) is 32.9 Å². The van der Waals surface area contributed by atoms with E-state index in [0.717, 1.165) is 5.56 Å². The summed E-state index contributed by atoms with van der Waals surface area (Å²) in [5, 5.41) is 0. The Hall–Kier alpha value is -1.88. The van der Waals surface area contributed by atoms with Gasteiger partial charge in [0, 0.05) is 6.07 Å². The van der Waals surface area contributed by atoms with Crippen molar-refractivity contribution < 1.29 is 31.9 Å². The van der Waals surface area contributed by atoms with Gasteiger partial charge in [-0.2, -0.15) is 4.72 Å². The van der Waals surface area contributed by atoms with Gasteiger partial charge in [0.1, 0.15) is 5.56 Å². The zero-order valence-corrected chi connectivity index (χ0v) is 18.3. The first-order chi connectivity index (χ1) is 13.1. The zero-order valence-electron chi connectivity index (χ0n) is 15.1. The number of esters is 2. The van der Waals surface area contributed by atoms with E-state index in [4.69, 9.17) is 16.0 Å². The van der Waals surface area contributed by atoms with Crippen molar-refractivity contribution in [3.63, 3.8) is 0 Å². The van der Waals surface area contributed by atoms with E-state index in [1.54, 1.807) is 19.1 Å². The van der Waals surface area contributed by atoms with Crippen molar-refractivity contribution in [3.05, 3.63) is 51.4 Å². The van der Waals surface area contributed by atoms with Crippen LogP contribution < -0.4 is 4.72 Å². The molecule has 0 fully saturated rings. The van der Waals surface area contributed by atoms with E-state index in [2.05, 4.69) is 30.1 Å². The smallest absolute Gasteiger partial charge is 0.341 e. The molecule has 8 nitrogen and oxygen atoms in total. The molecule has 0 aliphatic carbocycles. The summed E-state index contributed by atoms with van der Waals surface area (Å²) in [5.41, 5.74) is -0.423. The van der Waals surface area contributed by atoms with Gasteiger partial charge in [-0.25, -0.2) is 13.2 Å². The van der Waals surface area contributed by atoms with Crippen molar-refractivity contribution in [1.82, 2.24) is 4.72 Å². The molecule has 2 aromatic rings. The average Bonchev–Trinajstić information content (AvgIpc) is 3.02. The highest BCUT2D eigenvalue weighted by molar-refractivity contribution is 9.10. The first-order valence-corrected chi connectivity index (χ1v) is 10.5. The molecule has 28 heavy (non-hydrogen) atoms. The molecule has 11 heteroatoms. The average molecular weight is 495 g/mol. The van der Waals surface area contributed by atoms with Gasteiger partial charge in [-0.05, 0) is 34.5 Å². The number of halogens is 2. The van der Waals surface area contributed by atoms with E-state index in [0.29, 0.717) is 0 Å². The van der Waals surface area contributed by atoms with Crippen LogP contribution in [0.5, 0.6) is 0 Å². The molecule has 1 heterocycles. The van der Waals surface area contributed by atoms with Gasteiger partial charge in [0.15, 0.2) is 15.9 Å². The lowest BCUT2D eigenvalue weighted by Crippen LogP contribution is -2.27. The van der Waals surface area contributed by atoms with Crippen molar-refractivity contribution in [3.8, 4) is 0 Å². The molecule has 0 radical (unpaired) electrons. The quantitative estimate of drug-likeness (QED) is 0.358. The Morgan fingerprint density at radius 1 is 1.25 bits per heavy atom. The number of aryl methyl sites for hydroxylation is 1. The molecule has 0 spiro atoms. The number of hydrogen-bond acceptors (Lipinski definition) is 7. The molecule has 0 saturated carbocycles. The molecule has 0 saturated heterocycles. The van der Waals surface area contributed by atoms with Crippen molar-refractivity contribution in [2.75, 3.05) is 14.2 Å². The van der Waals surface area contributed by atoms with Gasteiger partial charge in [-0.15, -0.1) is 0 Å². The first kappa shape index (κ1) is 22.4.